The van der Waals surface area contributed by atoms with Crippen molar-refractivity contribution in [2.24, 2.45) is 34.8 Å². The largest absolute Gasteiger partial charge is 0.508 e. The molecule has 22 N–H and O–H groups in total. The number of phenols is 1. The number of carbonyl (C=O) groups is 13. The summed E-state index contributed by atoms with van der Waals surface area (Å²) in [5.41, 5.74) is 22.9. The first-order valence-electron chi connectivity index (χ1n) is 26.7. The van der Waals surface area contributed by atoms with Crippen LogP contribution in [0.4, 0.5) is 0 Å². The molecule has 0 aliphatic carbocycles. The number of aliphatic hydroxyl groups is 1. The number of rotatable bonds is 40. The summed E-state index contributed by atoms with van der Waals surface area (Å²) in [7, 11) is 0. The van der Waals surface area contributed by atoms with Crippen LogP contribution >= 0.6 is 0 Å². The second-order valence-electron chi connectivity index (χ2n) is 20.2. The molecule has 31 nitrogen and oxygen atoms in total. The van der Waals surface area contributed by atoms with Crippen molar-refractivity contribution in [3.05, 3.63) is 29.8 Å². The van der Waals surface area contributed by atoms with Crippen LogP contribution in [0, 0.1) is 11.8 Å². The van der Waals surface area contributed by atoms with E-state index < -0.39 is 182 Å². The molecular weight excluding hydrogens is 1080 g/mol. The van der Waals surface area contributed by atoms with Gasteiger partial charge in [0.05, 0.1) is 25.1 Å². The fraction of sp³-hybridized carbons (Fsp3) is 0.627. The zero-order valence-electron chi connectivity index (χ0n) is 46.7. The van der Waals surface area contributed by atoms with Gasteiger partial charge in [0.2, 0.25) is 59.1 Å². The van der Waals surface area contributed by atoms with Crippen LogP contribution in [0.25, 0.3) is 0 Å². The Labute approximate surface area is 473 Å². The number of nitrogens with two attached hydrogens (primary N) is 4. The van der Waals surface area contributed by atoms with E-state index in [2.05, 4.69) is 47.9 Å². The maximum atomic E-state index is 14.2. The molecule has 0 bridgehead atoms. The van der Waals surface area contributed by atoms with E-state index in [1.807, 2.05) is 0 Å². The number of carboxylic acids is 3. The lowest BCUT2D eigenvalue weighted by molar-refractivity contribution is -0.145. The summed E-state index contributed by atoms with van der Waals surface area (Å²) in [5, 5.41) is 69.2. The quantitative estimate of drug-likeness (QED) is 0.0273. The Bertz CT molecular complexity index is 2360. The van der Waals surface area contributed by atoms with Crippen LogP contribution in [0.15, 0.2) is 24.3 Å². The monoisotopic (exact) mass is 1170 g/mol. The van der Waals surface area contributed by atoms with Crippen molar-refractivity contribution in [2.45, 2.75) is 172 Å². The SMILES string of the molecule is CC(C)[C@H](NC(=O)[C@H](Cc1ccc(O)cc1)NC(=O)[C@H](CC(N)=O)NC(=O)CNC(=O)[C@H](CCCCN)NC(=O)[C@H](CCCCN)NC(=O)[C@H](CCC(=O)O)NC(=O)[C@@H](N)CCC(=O)O)C(=O)N[C@H](C(=O)N[C@H](C(=O)O)[C@@H](C)O)C(C)C. The Hall–Kier alpha value is -8.03. The Kier molecular flexibility index (Phi) is 32.5. The van der Waals surface area contributed by atoms with Gasteiger partial charge in [-0.1, -0.05) is 39.8 Å². The van der Waals surface area contributed by atoms with Crippen LogP contribution in [-0.4, -0.2) is 183 Å². The van der Waals surface area contributed by atoms with E-state index in [0.717, 1.165) is 6.92 Å². The number of aromatic hydroxyl groups is 1. The number of phenolic OH excluding ortho intramolecular Hbond substituents is 1. The van der Waals surface area contributed by atoms with Crippen molar-refractivity contribution >= 4 is 77.0 Å². The van der Waals surface area contributed by atoms with Crippen LogP contribution in [0.3, 0.4) is 0 Å². The van der Waals surface area contributed by atoms with Gasteiger partial charge < -0.3 is 96.3 Å². The molecule has 1 aromatic rings. The lowest BCUT2D eigenvalue weighted by Crippen LogP contribution is -2.61. The molecule has 1 aromatic carbocycles. The normalized spacial score (nSPS) is 14.8. The standard InChI is InChI=1S/C51H83N13O18/c1-25(2)40(49(79)63-41(26(3)4)50(80)64-42(27(5)65)51(81)82)62-48(78)34(22-28-12-14-29(66)15-13-28)61-47(77)35(23-36(55)67)57-37(68)24-56-44(74)31(10-6-8-20-52)59-45(75)32(11-7-9-21-53)60-46(76)33(17-19-39(71)72)58-43(73)30(54)16-18-38(69)70/h12-15,25-27,30-35,40-42,65-66H,6-11,16-24,52-54H2,1-5H3,(H2,55,67)(H,56,74)(H,57,68)(H,58,73)(H,59,75)(H,60,76)(H,61,77)(H,62,78)(H,63,79)(H,64,80)(H,69,70)(H,71,72)(H,81,82)/t27-,30+,31+,32+,33+,34+,35+,40+,41+,42+/m1/s1. The number of nitrogens with one attached hydrogen (secondary N) is 9. The lowest BCUT2D eigenvalue weighted by atomic mass is 9.98. The number of primary amides is 1. The minimum atomic E-state index is -1.80. The summed E-state index contributed by atoms with van der Waals surface area (Å²) in [6, 6.07) is -8.22. The first-order valence-corrected chi connectivity index (χ1v) is 26.7. The zero-order valence-corrected chi connectivity index (χ0v) is 46.7. The van der Waals surface area contributed by atoms with Gasteiger partial charge in [-0.2, -0.15) is 0 Å². The third-order valence-electron chi connectivity index (χ3n) is 12.5. The van der Waals surface area contributed by atoms with E-state index in [0.29, 0.717) is 18.4 Å². The molecule has 0 aliphatic rings. The topological polar surface area (TPSA) is 535 Å². The fourth-order valence-electron chi connectivity index (χ4n) is 7.79. The summed E-state index contributed by atoms with van der Waals surface area (Å²) in [6.45, 7) is 6.83. The summed E-state index contributed by atoms with van der Waals surface area (Å²) in [4.78, 5) is 169. The smallest absolute Gasteiger partial charge is 0.328 e. The molecule has 1 rings (SSSR count). The van der Waals surface area contributed by atoms with Crippen molar-refractivity contribution in [1.29, 1.82) is 0 Å². The van der Waals surface area contributed by atoms with Gasteiger partial charge in [-0.15, -0.1) is 0 Å². The summed E-state index contributed by atoms with van der Waals surface area (Å²) in [5.74, 6) is -15.6. The van der Waals surface area contributed by atoms with Gasteiger partial charge in [-0.05, 0) is 101 Å². The van der Waals surface area contributed by atoms with E-state index in [1.165, 1.54) is 24.3 Å². The van der Waals surface area contributed by atoms with Gasteiger partial charge in [0.25, 0.3) is 0 Å². The Balaban J connectivity index is 3.44. The minimum Gasteiger partial charge on any atom is -0.508 e. The number of carbonyl (C=O) groups excluding carboxylic acids is 10. The molecular formula is C51H83N13O18. The van der Waals surface area contributed by atoms with E-state index in [9.17, 15) is 82.8 Å². The summed E-state index contributed by atoms with van der Waals surface area (Å²) >= 11 is 0. The van der Waals surface area contributed by atoms with Crippen LogP contribution in [-0.2, 0) is 68.7 Å². The number of amides is 10. The van der Waals surface area contributed by atoms with Crippen molar-refractivity contribution in [1.82, 2.24) is 47.9 Å². The molecule has 0 spiro atoms. The second kappa shape index (κ2) is 37.1. The molecule has 0 unspecified atom stereocenters. The number of unbranched alkanes of at least 4 members (excludes halogenated alkanes) is 2. The van der Waals surface area contributed by atoms with Crippen molar-refractivity contribution in [3.8, 4) is 5.75 Å². The molecule has 10 atom stereocenters. The highest BCUT2D eigenvalue weighted by Crippen LogP contribution is 2.14. The fourth-order valence-corrected chi connectivity index (χ4v) is 7.79. The van der Waals surface area contributed by atoms with E-state index >= 15 is 0 Å². The highest BCUT2D eigenvalue weighted by Gasteiger charge is 2.37. The van der Waals surface area contributed by atoms with Gasteiger partial charge >= 0.3 is 17.9 Å². The van der Waals surface area contributed by atoms with Crippen LogP contribution in [0.1, 0.15) is 111 Å². The highest BCUT2D eigenvalue weighted by atomic mass is 16.4. The molecule has 0 aliphatic heterocycles. The average molecular weight is 1170 g/mol. The van der Waals surface area contributed by atoms with Gasteiger partial charge in [-0.25, -0.2) is 4.79 Å². The molecule has 10 amide bonds. The van der Waals surface area contributed by atoms with Crippen molar-refractivity contribution in [2.75, 3.05) is 19.6 Å². The van der Waals surface area contributed by atoms with E-state index in [4.69, 9.17) is 28.0 Å². The van der Waals surface area contributed by atoms with Crippen molar-refractivity contribution in [3.63, 3.8) is 0 Å². The third kappa shape index (κ3) is 27.4. The van der Waals surface area contributed by atoms with Gasteiger partial charge in [-0.3, -0.25) is 57.5 Å². The Morgan fingerprint density at radius 3 is 1.35 bits per heavy atom. The molecule has 0 heterocycles. The minimum absolute atomic E-state index is 0.0628. The third-order valence-corrected chi connectivity index (χ3v) is 12.5. The van der Waals surface area contributed by atoms with Gasteiger partial charge in [0.1, 0.15) is 48.0 Å². The average Bonchev–Trinajstić information content (AvgIpc) is 3.45. The maximum Gasteiger partial charge on any atom is 0.328 e. The molecule has 0 saturated heterocycles. The number of hydrogen-bond acceptors (Lipinski definition) is 18. The first-order chi connectivity index (χ1) is 38.4. The van der Waals surface area contributed by atoms with Crippen LogP contribution in [0.5, 0.6) is 5.75 Å². The number of aliphatic hydroxyl groups excluding tert-OH is 1. The molecule has 0 fully saturated rings. The van der Waals surface area contributed by atoms with Crippen LogP contribution < -0.4 is 70.8 Å². The summed E-state index contributed by atoms with van der Waals surface area (Å²) in [6.07, 6.45) is -3.41. The molecule has 82 heavy (non-hydrogen) atoms. The molecule has 0 radical (unpaired) electrons. The number of aliphatic carboxylic acids is 3. The predicted molar refractivity (Wildman–Crippen MR) is 291 cm³/mol. The predicted octanol–water partition coefficient (Wildman–Crippen LogP) is -5.10. The lowest BCUT2D eigenvalue weighted by Gasteiger charge is -2.29. The molecule has 31 heteroatoms. The van der Waals surface area contributed by atoms with Gasteiger partial charge in [0.15, 0.2) is 6.04 Å². The number of hydrogen-bond donors (Lipinski definition) is 18. The van der Waals surface area contributed by atoms with Gasteiger partial charge in [0, 0.05) is 19.3 Å². The first kappa shape index (κ1) is 72.0. The maximum absolute atomic E-state index is 14.2. The van der Waals surface area contributed by atoms with E-state index in [1.54, 1.807) is 27.7 Å². The second-order valence-corrected chi connectivity index (χ2v) is 20.2. The molecule has 0 aromatic heterocycles. The van der Waals surface area contributed by atoms with Crippen LogP contribution in [0.2, 0.25) is 0 Å². The zero-order chi connectivity index (χ0) is 62.4. The van der Waals surface area contributed by atoms with E-state index in [-0.39, 0.29) is 57.4 Å². The molecule has 460 valence electrons. The Morgan fingerprint density at radius 1 is 0.488 bits per heavy atom. The summed E-state index contributed by atoms with van der Waals surface area (Å²) < 4.78 is 0. The number of carboxylic acid groups (broad SMARTS) is 3. The Morgan fingerprint density at radius 2 is 0.902 bits per heavy atom. The molecule has 0 saturated carbocycles. The highest BCUT2D eigenvalue weighted by molar-refractivity contribution is 5.99. The number of benzene rings is 1. The van der Waals surface area contributed by atoms with Crippen molar-refractivity contribution < 1.29 is 87.9 Å².